The minimum atomic E-state index is 0.516. The number of hydrogen-bond donors (Lipinski definition) is 0. The van der Waals surface area contributed by atoms with Gasteiger partial charge in [-0.05, 0) is 43.1 Å². The number of hydrogen-bond acceptors (Lipinski definition) is 5. The predicted molar refractivity (Wildman–Crippen MR) is 105 cm³/mol. The lowest BCUT2D eigenvalue weighted by Gasteiger charge is -2.35. The summed E-state index contributed by atoms with van der Waals surface area (Å²) in [4.78, 5) is 9.16. The quantitative estimate of drug-likeness (QED) is 0.729. The van der Waals surface area contributed by atoms with Crippen LogP contribution in [0.25, 0.3) is 11.4 Å². The van der Waals surface area contributed by atoms with E-state index in [0.717, 1.165) is 54.9 Å². The first-order valence-corrected chi connectivity index (χ1v) is 10.1. The average Bonchev–Trinajstić information content (AvgIpc) is 3.42. The van der Waals surface area contributed by atoms with Crippen LogP contribution in [0, 0.1) is 10.7 Å². The van der Waals surface area contributed by atoms with Crippen molar-refractivity contribution >= 4 is 12.2 Å². The van der Waals surface area contributed by atoms with Crippen molar-refractivity contribution in [1.29, 1.82) is 0 Å². The lowest BCUT2D eigenvalue weighted by Crippen LogP contribution is -2.47. The predicted octanol–water partition coefficient (Wildman–Crippen LogP) is 3.04. The maximum absolute atomic E-state index is 5.79. The third-order valence-corrected chi connectivity index (χ3v) is 5.55. The number of nitrogens with zero attached hydrogens (tertiary/aromatic N) is 6. The van der Waals surface area contributed by atoms with Crippen LogP contribution in [-0.2, 0) is 6.67 Å². The van der Waals surface area contributed by atoms with Crippen LogP contribution >= 0.6 is 12.2 Å². The highest BCUT2D eigenvalue weighted by molar-refractivity contribution is 7.71. The van der Waals surface area contributed by atoms with Gasteiger partial charge < -0.3 is 4.90 Å². The summed E-state index contributed by atoms with van der Waals surface area (Å²) in [6.45, 7) is 11.0. The highest BCUT2D eigenvalue weighted by Crippen LogP contribution is 2.38. The molecule has 1 saturated heterocycles. The average molecular weight is 373 g/mol. The van der Waals surface area contributed by atoms with E-state index in [1.165, 1.54) is 19.4 Å². The summed E-state index contributed by atoms with van der Waals surface area (Å²) in [6, 6.07) is 4.55. The molecule has 3 heterocycles. The molecule has 0 unspecified atom stereocenters. The van der Waals surface area contributed by atoms with Gasteiger partial charge in [-0.3, -0.25) is 14.5 Å². The van der Waals surface area contributed by atoms with E-state index in [4.69, 9.17) is 17.3 Å². The number of aromatic nitrogens is 4. The molecule has 2 aromatic heterocycles. The van der Waals surface area contributed by atoms with Crippen LogP contribution in [0.4, 0.5) is 0 Å². The third kappa shape index (κ3) is 3.89. The van der Waals surface area contributed by atoms with Crippen molar-refractivity contribution < 1.29 is 0 Å². The van der Waals surface area contributed by atoms with Gasteiger partial charge in [0, 0.05) is 56.7 Å². The van der Waals surface area contributed by atoms with E-state index in [0.29, 0.717) is 6.04 Å². The number of pyridine rings is 1. The molecular weight excluding hydrogens is 344 g/mol. The summed E-state index contributed by atoms with van der Waals surface area (Å²) >= 11 is 5.79. The van der Waals surface area contributed by atoms with Gasteiger partial charge in [0.05, 0.1) is 6.67 Å². The second-order valence-electron chi connectivity index (χ2n) is 7.90. The fourth-order valence-corrected chi connectivity index (χ4v) is 4.03. The second kappa shape index (κ2) is 7.58. The number of piperazine rings is 1. The molecule has 140 valence electrons. The fraction of sp³-hybridized carbons (Fsp3) is 0.632. The largest absolute Gasteiger partial charge is 0.301 e. The lowest BCUT2D eigenvalue weighted by molar-refractivity contribution is 0.0950. The van der Waals surface area contributed by atoms with E-state index >= 15 is 0 Å². The molecule has 26 heavy (non-hydrogen) atoms. The minimum absolute atomic E-state index is 0.516. The van der Waals surface area contributed by atoms with E-state index in [9.17, 15) is 0 Å². The normalized spacial score (nSPS) is 19.3. The molecule has 0 aromatic carbocycles. The van der Waals surface area contributed by atoms with Gasteiger partial charge in [-0.1, -0.05) is 13.8 Å². The van der Waals surface area contributed by atoms with Crippen molar-refractivity contribution in [2.45, 2.75) is 39.4 Å². The molecule has 2 aliphatic rings. The van der Waals surface area contributed by atoms with Crippen LogP contribution in [0.3, 0.4) is 0 Å². The molecule has 0 radical (unpaired) electrons. The van der Waals surface area contributed by atoms with Crippen LogP contribution in [0.2, 0.25) is 0 Å². The fourth-order valence-electron chi connectivity index (χ4n) is 3.69. The SMILES string of the molecule is CC(C)CN1CCN(Cn2nc(-c3ccncc3)n(C3CC3)c2=S)CC1. The van der Waals surface area contributed by atoms with E-state index in [1.54, 1.807) is 0 Å². The molecule has 2 fully saturated rings. The number of rotatable bonds is 6. The van der Waals surface area contributed by atoms with Crippen molar-refractivity contribution in [3.63, 3.8) is 0 Å². The molecule has 0 atom stereocenters. The monoisotopic (exact) mass is 372 g/mol. The van der Waals surface area contributed by atoms with E-state index in [1.807, 2.05) is 29.2 Å². The van der Waals surface area contributed by atoms with Gasteiger partial charge in [-0.15, -0.1) is 0 Å². The Balaban J connectivity index is 1.50. The van der Waals surface area contributed by atoms with Crippen LogP contribution in [-0.4, -0.2) is 61.9 Å². The summed E-state index contributed by atoms with van der Waals surface area (Å²) in [5.74, 6) is 1.71. The molecular formula is C19H28N6S. The summed E-state index contributed by atoms with van der Waals surface area (Å²) in [6.07, 6.45) is 6.04. The molecule has 6 nitrogen and oxygen atoms in total. The Morgan fingerprint density at radius 3 is 2.35 bits per heavy atom. The maximum atomic E-state index is 5.79. The molecule has 0 amide bonds. The second-order valence-corrected chi connectivity index (χ2v) is 8.26. The zero-order valence-electron chi connectivity index (χ0n) is 15.7. The smallest absolute Gasteiger partial charge is 0.199 e. The van der Waals surface area contributed by atoms with E-state index in [2.05, 4.69) is 33.2 Å². The molecule has 0 spiro atoms. The van der Waals surface area contributed by atoms with Crippen LogP contribution in [0.1, 0.15) is 32.7 Å². The standard InChI is InChI=1S/C19H28N6S/c1-15(2)13-22-9-11-23(12-10-22)14-24-19(26)25(17-3-4-17)18(21-24)16-5-7-20-8-6-16/h5-8,15,17H,3-4,9-14H2,1-2H3. The molecule has 1 saturated carbocycles. The van der Waals surface area contributed by atoms with Gasteiger partial charge in [0.1, 0.15) is 0 Å². The minimum Gasteiger partial charge on any atom is -0.301 e. The Hall–Kier alpha value is -1.57. The van der Waals surface area contributed by atoms with Gasteiger partial charge in [0.2, 0.25) is 0 Å². The summed E-state index contributed by atoms with van der Waals surface area (Å²) in [5.41, 5.74) is 1.10. The maximum Gasteiger partial charge on any atom is 0.199 e. The van der Waals surface area contributed by atoms with Gasteiger partial charge in [0.25, 0.3) is 0 Å². The Bertz CT molecular complexity index is 784. The molecule has 2 aromatic rings. The Labute approximate surface area is 160 Å². The first-order chi connectivity index (χ1) is 12.6. The summed E-state index contributed by atoms with van der Waals surface area (Å²) in [7, 11) is 0. The van der Waals surface area contributed by atoms with Crippen molar-refractivity contribution in [3.8, 4) is 11.4 Å². The summed E-state index contributed by atoms with van der Waals surface area (Å²) < 4.78 is 5.12. The van der Waals surface area contributed by atoms with E-state index in [-0.39, 0.29) is 0 Å². The van der Waals surface area contributed by atoms with Crippen molar-refractivity contribution in [3.05, 3.63) is 29.3 Å². The molecule has 7 heteroatoms. The zero-order chi connectivity index (χ0) is 18.1. The Morgan fingerprint density at radius 2 is 1.73 bits per heavy atom. The third-order valence-electron chi connectivity index (χ3n) is 5.14. The van der Waals surface area contributed by atoms with Crippen LogP contribution < -0.4 is 0 Å². The molecule has 1 aliphatic heterocycles. The first kappa shape index (κ1) is 17.8. The Kier molecular flexibility index (Phi) is 5.20. The van der Waals surface area contributed by atoms with Crippen molar-refractivity contribution in [2.24, 2.45) is 5.92 Å². The summed E-state index contributed by atoms with van der Waals surface area (Å²) in [5, 5.41) is 4.90. The van der Waals surface area contributed by atoms with Gasteiger partial charge >= 0.3 is 0 Å². The van der Waals surface area contributed by atoms with E-state index < -0.39 is 0 Å². The molecule has 0 N–H and O–H groups in total. The van der Waals surface area contributed by atoms with Gasteiger partial charge in [0.15, 0.2) is 10.6 Å². The lowest BCUT2D eigenvalue weighted by atomic mass is 10.2. The topological polar surface area (TPSA) is 42.1 Å². The molecule has 1 aliphatic carbocycles. The molecule has 0 bridgehead atoms. The van der Waals surface area contributed by atoms with Crippen LogP contribution in [0.15, 0.2) is 24.5 Å². The first-order valence-electron chi connectivity index (χ1n) is 9.66. The highest BCUT2D eigenvalue weighted by atomic mass is 32.1. The Morgan fingerprint density at radius 1 is 1.08 bits per heavy atom. The van der Waals surface area contributed by atoms with Gasteiger partial charge in [-0.2, -0.15) is 5.10 Å². The van der Waals surface area contributed by atoms with Crippen molar-refractivity contribution in [2.75, 3.05) is 32.7 Å². The highest BCUT2D eigenvalue weighted by Gasteiger charge is 2.29. The molecule has 4 rings (SSSR count). The van der Waals surface area contributed by atoms with Gasteiger partial charge in [-0.25, -0.2) is 4.68 Å². The van der Waals surface area contributed by atoms with Crippen molar-refractivity contribution in [1.82, 2.24) is 29.1 Å². The van der Waals surface area contributed by atoms with Crippen LogP contribution in [0.5, 0.6) is 0 Å². The zero-order valence-corrected chi connectivity index (χ0v) is 16.5.